The number of amides is 1. The second kappa shape index (κ2) is 6.96. The van der Waals surface area contributed by atoms with Gasteiger partial charge in [-0.2, -0.15) is 13.2 Å². The van der Waals surface area contributed by atoms with Crippen LogP contribution in [0.4, 0.5) is 13.2 Å². The van der Waals surface area contributed by atoms with E-state index in [1.807, 2.05) is 5.32 Å². The molecule has 116 valence electrons. The van der Waals surface area contributed by atoms with Gasteiger partial charge in [0.05, 0.1) is 20.0 Å². The van der Waals surface area contributed by atoms with Crippen molar-refractivity contribution in [2.24, 2.45) is 0 Å². The molecule has 1 rings (SSSR count). The second-order valence-corrected chi connectivity index (χ2v) is 4.30. The zero-order valence-corrected chi connectivity index (χ0v) is 11.1. The first kappa shape index (κ1) is 16.8. The Labute approximate surface area is 118 Å². The fraction of sp³-hybridized carbons (Fsp3) is 0.385. The van der Waals surface area contributed by atoms with Crippen LogP contribution in [-0.2, 0) is 16.0 Å². The van der Waals surface area contributed by atoms with Crippen LogP contribution in [0.2, 0.25) is 0 Å². The molecular formula is C13H14F3NO4. The zero-order valence-electron chi connectivity index (χ0n) is 11.1. The molecule has 21 heavy (non-hydrogen) atoms. The number of hydrogen-bond acceptors (Lipinski definition) is 3. The Bertz CT molecular complexity index is 499. The lowest BCUT2D eigenvalue weighted by Crippen LogP contribution is -2.44. The molecule has 8 heteroatoms. The van der Waals surface area contributed by atoms with Gasteiger partial charge in [0.1, 0.15) is 11.8 Å². The minimum Gasteiger partial charge on any atom is -0.497 e. The first-order chi connectivity index (χ1) is 9.71. The van der Waals surface area contributed by atoms with E-state index in [2.05, 4.69) is 0 Å². The van der Waals surface area contributed by atoms with Crippen LogP contribution < -0.4 is 10.1 Å². The van der Waals surface area contributed by atoms with E-state index in [-0.39, 0.29) is 6.42 Å². The fourth-order valence-corrected chi connectivity index (χ4v) is 1.61. The lowest BCUT2D eigenvalue weighted by Gasteiger charge is -2.16. The average Bonchev–Trinajstić information content (AvgIpc) is 2.37. The minimum atomic E-state index is -4.67. The number of nitrogens with one attached hydrogen (secondary N) is 1. The molecule has 0 aliphatic heterocycles. The Morgan fingerprint density at radius 3 is 2.29 bits per heavy atom. The molecule has 0 spiro atoms. The van der Waals surface area contributed by atoms with Crippen molar-refractivity contribution in [3.05, 3.63) is 29.8 Å². The van der Waals surface area contributed by atoms with Gasteiger partial charge in [-0.25, -0.2) is 4.79 Å². The molecule has 1 unspecified atom stereocenters. The van der Waals surface area contributed by atoms with Gasteiger partial charge in [-0.05, 0) is 17.7 Å². The number of ether oxygens (including phenoxy) is 1. The summed E-state index contributed by atoms with van der Waals surface area (Å²) < 4.78 is 41.5. The number of aliphatic carboxylic acids is 1. The Balaban J connectivity index is 2.63. The molecule has 0 aromatic heterocycles. The topological polar surface area (TPSA) is 75.6 Å². The summed E-state index contributed by atoms with van der Waals surface area (Å²) in [5, 5.41) is 10.5. The number of hydrogen-bond donors (Lipinski definition) is 2. The Morgan fingerprint density at radius 2 is 1.86 bits per heavy atom. The van der Waals surface area contributed by atoms with Crippen LogP contribution in [0.25, 0.3) is 0 Å². The van der Waals surface area contributed by atoms with Crippen LogP contribution in [0.3, 0.4) is 0 Å². The van der Waals surface area contributed by atoms with Crippen molar-refractivity contribution in [3.8, 4) is 5.75 Å². The van der Waals surface area contributed by atoms with Gasteiger partial charge in [0.15, 0.2) is 0 Å². The Hall–Kier alpha value is -2.25. The maximum Gasteiger partial charge on any atom is 0.391 e. The largest absolute Gasteiger partial charge is 0.497 e. The first-order valence-electron chi connectivity index (χ1n) is 5.93. The van der Waals surface area contributed by atoms with Gasteiger partial charge in [-0.3, -0.25) is 4.79 Å². The van der Waals surface area contributed by atoms with Gasteiger partial charge < -0.3 is 15.2 Å². The highest BCUT2D eigenvalue weighted by atomic mass is 19.4. The summed E-state index contributed by atoms with van der Waals surface area (Å²) >= 11 is 0. The van der Waals surface area contributed by atoms with E-state index in [0.717, 1.165) is 0 Å². The normalized spacial score (nSPS) is 12.6. The van der Waals surface area contributed by atoms with Gasteiger partial charge in [0.2, 0.25) is 5.91 Å². The molecule has 5 nitrogen and oxygen atoms in total. The summed E-state index contributed by atoms with van der Waals surface area (Å²) in [6.07, 6.45) is -6.50. The number of alkyl halides is 3. The van der Waals surface area contributed by atoms with E-state index in [9.17, 15) is 22.8 Å². The summed E-state index contributed by atoms with van der Waals surface area (Å²) in [4.78, 5) is 22.3. The summed E-state index contributed by atoms with van der Waals surface area (Å²) in [6, 6.07) is 4.33. The first-order valence-corrected chi connectivity index (χ1v) is 5.93. The summed E-state index contributed by atoms with van der Waals surface area (Å²) in [7, 11) is 1.47. The van der Waals surface area contributed by atoms with E-state index in [1.165, 1.54) is 7.11 Å². The molecule has 1 aromatic carbocycles. The van der Waals surface area contributed by atoms with E-state index < -0.39 is 30.5 Å². The molecular weight excluding hydrogens is 291 g/mol. The van der Waals surface area contributed by atoms with Crippen LogP contribution in [0.1, 0.15) is 12.0 Å². The zero-order chi connectivity index (χ0) is 16.0. The monoisotopic (exact) mass is 305 g/mol. The Morgan fingerprint density at radius 1 is 1.29 bits per heavy atom. The molecule has 0 fully saturated rings. The summed E-state index contributed by atoms with van der Waals surface area (Å²) in [5.41, 5.74) is 0.532. The van der Waals surface area contributed by atoms with E-state index in [1.54, 1.807) is 24.3 Å². The average molecular weight is 305 g/mol. The highest BCUT2D eigenvalue weighted by Crippen LogP contribution is 2.21. The van der Waals surface area contributed by atoms with Crippen molar-refractivity contribution in [2.45, 2.75) is 25.1 Å². The Kier molecular flexibility index (Phi) is 5.57. The number of carboxylic acids is 1. The molecule has 0 heterocycles. The minimum absolute atomic E-state index is 0.217. The van der Waals surface area contributed by atoms with Gasteiger partial charge in [-0.1, -0.05) is 12.1 Å². The molecule has 0 aliphatic carbocycles. The number of methoxy groups -OCH3 is 1. The van der Waals surface area contributed by atoms with Crippen molar-refractivity contribution >= 4 is 11.9 Å². The summed E-state index contributed by atoms with van der Waals surface area (Å²) in [5.74, 6) is -1.95. The van der Waals surface area contributed by atoms with Gasteiger partial charge >= 0.3 is 12.1 Å². The van der Waals surface area contributed by atoms with Crippen LogP contribution >= 0.6 is 0 Å². The lowest BCUT2D eigenvalue weighted by atomic mass is 10.1. The van der Waals surface area contributed by atoms with Crippen molar-refractivity contribution in [1.29, 1.82) is 0 Å². The van der Waals surface area contributed by atoms with Gasteiger partial charge in [0.25, 0.3) is 0 Å². The number of carbonyl (C=O) groups excluding carboxylic acids is 1. The van der Waals surface area contributed by atoms with Crippen LogP contribution in [0, 0.1) is 0 Å². The van der Waals surface area contributed by atoms with E-state index >= 15 is 0 Å². The van der Waals surface area contributed by atoms with Gasteiger partial charge in [0, 0.05) is 0 Å². The highest BCUT2D eigenvalue weighted by molar-refractivity contribution is 5.84. The quantitative estimate of drug-likeness (QED) is 0.839. The number of benzene rings is 1. The van der Waals surface area contributed by atoms with E-state index in [4.69, 9.17) is 9.84 Å². The standard InChI is InChI=1S/C13H14F3NO4/c1-21-9-4-2-8(3-5-9)6-11(18)17-10(12(19)20)7-13(14,15)16/h2-5,10H,6-7H2,1H3,(H,17,18)(H,19,20). The fourth-order valence-electron chi connectivity index (χ4n) is 1.61. The SMILES string of the molecule is COc1ccc(CC(=O)NC(CC(F)(F)F)C(=O)O)cc1. The number of halogens is 3. The van der Waals surface area contributed by atoms with Crippen LogP contribution in [0.5, 0.6) is 5.75 Å². The summed E-state index contributed by atoms with van der Waals surface area (Å²) in [6.45, 7) is 0. The third-order valence-corrected chi connectivity index (χ3v) is 2.59. The molecule has 1 amide bonds. The van der Waals surface area contributed by atoms with Crippen LogP contribution in [0.15, 0.2) is 24.3 Å². The van der Waals surface area contributed by atoms with Crippen LogP contribution in [-0.4, -0.2) is 36.3 Å². The number of carbonyl (C=O) groups is 2. The van der Waals surface area contributed by atoms with Crippen molar-refractivity contribution in [1.82, 2.24) is 5.32 Å². The van der Waals surface area contributed by atoms with Crippen molar-refractivity contribution < 1.29 is 32.6 Å². The molecule has 1 aromatic rings. The molecule has 0 bridgehead atoms. The lowest BCUT2D eigenvalue weighted by molar-refractivity contribution is -0.159. The molecule has 2 N–H and O–H groups in total. The molecule has 0 saturated heterocycles. The third kappa shape index (κ3) is 6.15. The third-order valence-electron chi connectivity index (χ3n) is 2.59. The van der Waals surface area contributed by atoms with Gasteiger partial charge in [-0.15, -0.1) is 0 Å². The smallest absolute Gasteiger partial charge is 0.391 e. The number of carboxylic acid groups (broad SMARTS) is 1. The van der Waals surface area contributed by atoms with Crippen molar-refractivity contribution in [2.75, 3.05) is 7.11 Å². The van der Waals surface area contributed by atoms with E-state index in [0.29, 0.717) is 11.3 Å². The predicted octanol–water partition coefficient (Wildman–Crippen LogP) is 1.76. The van der Waals surface area contributed by atoms with Crippen molar-refractivity contribution in [3.63, 3.8) is 0 Å². The second-order valence-electron chi connectivity index (χ2n) is 4.30. The maximum atomic E-state index is 12.2. The highest BCUT2D eigenvalue weighted by Gasteiger charge is 2.36. The molecule has 1 atom stereocenters. The number of rotatable bonds is 6. The molecule has 0 saturated carbocycles. The maximum absolute atomic E-state index is 12.2. The molecule has 0 radical (unpaired) electrons. The molecule has 0 aliphatic rings. The predicted molar refractivity (Wildman–Crippen MR) is 66.9 cm³/mol.